The van der Waals surface area contributed by atoms with Gasteiger partial charge in [-0.2, -0.15) is 0 Å². The van der Waals surface area contributed by atoms with Gasteiger partial charge in [0.2, 0.25) is 5.91 Å². The molecule has 33 heavy (non-hydrogen) atoms. The minimum absolute atomic E-state index is 0.150. The van der Waals surface area contributed by atoms with Crippen molar-refractivity contribution in [3.8, 4) is 0 Å². The topological polar surface area (TPSA) is 73.9 Å². The zero-order valence-corrected chi connectivity index (χ0v) is 19.0. The number of carbonyl (C=O) groups excluding carboxylic acids is 1. The van der Waals surface area contributed by atoms with Crippen molar-refractivity contribution in [2.45, 2.75) is 58.0 Å². The van der Waals surface area contributed by atoms with Gasteiger partial charge in [-0.25, -0.2) is 9.97 Å². The summed E-state index contributed by atoms with van der Waals surface area (Å²) < 4.78 is 0. The van der Waals surface area contributed by atoms with E-state index < -0.39 is 0 Å². The Kier molecular flexibility index (Phi) is 4.41. The number of carbonyl (C=O) groups is 1. The summed E-state index contributed by atoms with van der Waals surface area (Å²) in [7, 11) is 0. The molecule has 0 radical (unpaired) electrons. The molecule has 6 heteroatoms. The van der Waals surface area contributed by atoms with Crippen molar-refractivity contribution in [2.75, 3.05) is 11.9 Å². The summed E-state index contributed by atoms with van der Waals surface area (Å²) in [4.78, 5) is 28.5. The maximum absolute atomic E-state index is 13.6. The molecular weight excluding hydrogens is 410 g/mol. The van der Waals surface area contributed by atoms with E-state index in [2.05, 4.69) is 55.6 Å². The van der Waals surface area contributed by atoms with Crippen LogP contribution in [0.5, 0.6) is 0 Å². The number of rotatable bonds is 4. The first-order valence-electron chi connectivity index (χ1n) is 12.6. The summed E-state index contributed by atoms with van der Waals surface area (Å²) >= 11 is 0. The fourth-order valence-corrected chi connectivity index (χ4v) is 7.78. The van der Waals surface area contributed by atoms with Gasteiger partial charge in [0.25, 0.3) is 0 Å². The van der Waals surface area contributed by atoms with Crippen molar-refractivity contribution in [2.24, 2.45) is 23.2 Å². The quantitative estimate of drug-likeness (QED) is 0.617. The second kappa shape index (κ2) is 7.39. The molecule has 4 saturated carbocycles. The lowest BCUT2D eigenvalue weighted by Gasteiger charge is -2.55. The van der Waals surface area contributed by atoms with Gasteiger partial charge in [0.1, 0.15) is 12.1 Å². The van der Waals surface area contributed by atoms with E-state index in [-0.39, 0.29) is 11.3 Å². The highest BCUT2D eigenvalue weighted by Gasteiger charge is 2.54. The number of nitrogens with zero attached hydrogens (tertiary/aromatic N) is 3. The molecule has 8 rings (SSSR count). The van der Waals surface area contributed by atoms with E-state index in [0.29, 0.717) is 0 Å². The standard InChI is InChI=1S/C27H31N5O/c33-26(27-10-17-7-18(11-27)9-19(8-17)12-27)31-25-22-5-6-32(15-24(22)29-16-30-25)14-20-13-28-23-4-2-1-3-21(20)23/h1-4,13,16-19,28H,5-12,14-15H2,(H,29,30,31,33). The molecule has 0 unspecified atom stereocenters. The third-order valence-corrected chi connectivity index (χ3v) is 8.91. The molecule has 4 aliphatic carbocycles. The van der Waals surface area contributed by atoms with E-state index in [1.165, 1.54) is 35.7 Å². The Balaban J connectivity index is 1.09. The molecule has 5 aliphatic rings. The van der Waals surface area contributed by atoms with Crippen LogP contribution in [0.1, 0.15) is 55.3 Å². The van der Waals surface area contributed by atoms with Crippen LogP contribution in [0.4, 0.5) is 5.82 Å². The van der Waals surface area contributed by atoms with E-state index in [4.69, 9.17) is 0 Å². The molecule has 4 bridgehead atoms. The first-order chi connectivity index (χ1) is 16.1. The van der Waals surface area contributed by atoms with Gasteiger partial charge in [-0.05, 0) is 74.3 Å². The summed E-state index contributed by atoms with van der Waals surface area (Å²) in [5.41, 5.74) is 4.53. The Morgan fingerprint density at radius 3 is 2.64 bits per heavy atom. The van der Waals surface area contributed by atoms with E-state index in [0.717, 1.165) is 80.1 Å². The van der Waals surface area contributed by atoms with E-state index in [9.17, 15) is 4.79 Å². The second-order valence-electron chi connectivity index (χ2n) is 11.1. The maximum Gasteiger partial charge on any atom is 0.231 e. The summed E-state index contributed by atoms with van der Waals surface area (Å²) in [5, 5.41) is 4.58. The first kappa shape index (κ1) is 19.7. The van der Waals surface area contributed by atoms with E-state index >= 15 is 0 Å². The maximum atomic E-state index is 13.6. The first-order valence-corrected chi connectivity index (χ1v) is 12.6. The Labute approximate surface area is 194 Å². The van der Waals surface area contributed by atoms with E-state index in [1.54, 1.807) is 6.33 Å². The number of amides is 1. The highest BCUT2D eigenvalue weighted by atomic mass is 16.2. The Morgan fingerprint density at radius 2 is 1.85 bits per heavy atom. The number of H-pyrrole nitrogens is 1. The number of aromatic nitrogens is 3. The van der Waals surface area contributed by atoms with Crippen molar-refractivity contribution in [3.05, 3.63) is 53.6 Å². The average Bonchev–Trinajstić information content (AvgIpc) is 3.21. The molecule has 0 spiro atoms. The number of nitrogens with one attached hydrogen (secondary N) is 2. The van der Waals surface area contributed by atoms with Crippen LogP contribution >= 0.6 is 0 Å². The fourth-order valence-electron chi connectivity index (χ4n) is 7.78. The lowest BCUT2D eigenvalue weighted by atomic mass is 9.49. The molecule has 1 aromatic carbocycles. The third-order valence-electron chi connectivity index (χ3n) is 8.91. The van der Waals surface area contributed by atoms with Crippen LogP contribution in [0.2, 0.25) is 0 Å². The molecule has 3 heterocycles. The van der Waals surface area contributed by atoms with Crippen molar-refractivity contribution in [3.63, 3.8) is 0 Å². The highest BCUT2D eigenvalue weighted by Crippen LogP contribution is 2.60. The van der Waals surface area contributed by atoms with Gasteiger partial charge in [-0.3, -0.25) is 9.69 Å². The second-order valence-corrected chi connectivity index (χ2v) is 11.1. The average molecular weight is 442 g/mol. The number of benzene rings is 1. The predicted molar refractivity (Wildman–Crippen MR) is 127 cm³/mol. The van der Waals surface area contributed by atoms with Gasteiger partial charge in [0, 0.05) is 42.3 Å². The number of para-hydroxylation sites is 1. The lowest BCUT2D eigenvalue weighted by Crippen LogP contribution is -2.52. The van der Waals surface area contributed by atoms with E-state index in [1.807, 2.05) is 0 Å². The number of aromatic amines is 1. The third kappa shape index (κ3) is 3.30. The van der Waals surface area contributed by atoms with Crippen LogP contribution in [0.25, 0.3) is 10.9 Å². The molecule has 2 aromatic heterocycles. The van der Waals surface area contributed by atoms with Gasteiger partial charge in [-0.15, -0.1) is 0 Å². The largest absolute Gasteiger partial charge is 0.361 e. The molecule has 3 aromatic rings. The lowest BCUT2D eigenvalue weighted by molar-refractivity contribution is -0.140. The molecule has 1 amide bonds. The Morgan fingerprint density at radius 1 is 1.09 bits per heavy atom. The van der Waals surface area contributed by atoms with Crippen molar-refractivity contribution < 1.29 is 4.79 Å². The van der Waals surface area contributed by atoms with Crippen LogP contribution in [-0.2, 0) is 24.3 Å². The molecule has 1 aliphatic heterocycles. The molecule has 6 nitrogen and oxygen atoms in total. The van der Waals surface area contributed by atoms with Gasteiger partial charge in [0.05, 0.1) is 11.1 Å². The minimum Gasteiger partial charge on any atom is -0.361 e. The smallest absolute Gasteiger partial charge is 0.231 e. The normalized spacial score (nSPS) is 30.5. The molecular formula is C27H31N5O. The Hall–Kier alpha value is -2.73. The van der Waals surface area contributed by atoms with Gasteiger partial charge < -0.3 is 10.3 Å². The molecule has 170 valence electrons. The zero-order chi connectivity index (χ0) is 22.0. The molecule has 0 saturated heterocycles. The minimum atomic E-state index is -0.150. The van der Waals surface area contributed by atoms with Crippen molar-refractivity contribution in [1.82, 2.24) is 19.9 Å². The number of hydrogen-bond donors (Lipinski definition) is 2. The van der Waals surface area contributed by atoms with Crippen LogP contribution in [0, 0.1) is 23.2 Å². The van der Waals surface area contributed by atoms with Crippen molar-refractivity contribution >= 4 is 22.6 Å². The van der Waals surface area contributed by atoms with Crippen LogP contribution in [0.3, 0.4) is 0 Å². The summed E-state index contributed by atoms with van der Waals surface area (Å²) in [5.74, 6) is 3.27. The van der Waals surface area contributed by atoms with Crippen LogP contribution in [0.15, 0.2) is 36.8 Å². The molecule has 2 N–H and O–H groups in total. The summed E-state index contributed by atoms with van der Waals surface area (Å²) in [6.45, 7) is 2.63. The summed E-state index contributed by atoms with van der Waals surface area (Å²) in [6.07, 6.45) is 11.9. The zero-order valence-electron chi connectivity index (χ0n) is 19.0. The van der Waals surface area contributed by atoms with Gasteiger partial charge in [0.15, 0.2) is 0 Å². The summed E-state index contributed by atoms with van der Waals surface area (Å²) in [6, 6.07) is 8.46. The van der Waals surface area contributed by atoms with Crippen molar-refractivity contribution in [1.29, 1.82) is 0 Å². The number of hydrogen-bond acceptors (Lipinski definition) is 4. The SMILES string of the molecule is O=C(Nc1ncnc2c1CCN(Cc1c[nH]c3ccccc13)C2)C12CC3CC(CC(C3)C1)C2. The predicted octanol–water partition coefficient (Wildman–Crippen LogP) is 4.67. The fraction of sp³-hybridized carbons (Fsp3) is 0.519. The van der Waals surface area contributed by atoms with Gasteiger partial charge >= 0.3 is 0 Å². The number of anilines is 1. The monoisotopic (exact) mass is 441 g/mol. The molecule has 4 fully saturated rings. The van der Waals surface area contributed by atoms with Crippen LogP contribution in [-0.4, -0.2) is 32.3 Å². The number of fused-ring (bicyclic) bond motifs is 2. The van der Waals surface area contributed by atoms with Crippen LogP contribution < -0.4 is 5.32 Å². The highest BCUT2D eigenvalue weighted by molar-refractivity contribution is 5.95. The molecule has 0 atom stereocenters. The Bertz CT molecular complexity index is 1190. The van der Waals surface area contributed by atoms with Gasteiger partial charge in [-0.1, -0.05) is 18.2 Å².